The Labute approximate surface area is 163 Å². The maximum absolute atomic E-state index is 12.9. The number of esters is 1. The summed E-state index contributed by atoms with van der Waals surface area (Å²) in [5.74, 6) is -0.923. The molecule has 0 saturated carbocycles. The number of aromatic nitrogens is 1. The van der Waals surface area contributed by atoms with Crippen LogP contribution in [-0.2, 0) is 16.0 Å². The number of halogens is 1. The minimum atomic E-state index is -0.587. The molecule has 0 fully saturated rings. The highest BCUT2D eigenvalue weighted by molar-refractivity contribution is 6.30. The predicted octanol–water partition coefficient (Wildman–Crippen LogP) is 3.78. The van der Waals surface area contributed by atoms with E-state index < -0.39 is 12.0 Å². The van der Waals surface area contributed by atoms with Crippen molar-refractivity contribution in [3.8, 4) is 0 Å². The van der Waals surface area contributed by atoms with E-state index in [0.29, 0.717) is 34.0 Å². The number of amides is 1. The van der Waals surface area contributed by atoms with Gasteiger partial charge in [-0.15, -0.1) is 0 Å². The van der Waals surface area contributed by atoms with Gasteiger partial charge in [-0.2, -0.15) is 0 Å². The molecule has 2 aromatic rings. The molecule has 1 amide bonds. The van der Waals surface area contributed by atoms with E-state index in [1.54, 1.807) is 31.2 Å². The lowest BCUT2D eigenvalue weighted by molar-refractivity contribution is -0.141. The smallest absolute Gasteiger partial charge is 0.307 e. The molecule has 1 aromatic carbocycles. The number of hydrogen-bond donors (Lipinski definition) is 2. The topological polar surface area (TPSA) is 88.3 Å². The molecule has 7 heteroatoms. The number of H-pyrrole nitrogens is 1. The molecule has 2 rings (SSSR count). The second kappa shape index (κ2) is 8.86. The van der Waals surface area contributed by atoms with Gasteiger partial charge in [-0.05, 0) is 43.5 Å². The SMILES string of the molecule is CCc1c(C(=O)NC(CC(=O)OC)c2ccc(Cl)cc2)[nH]c(C)c1C(C)=O. The molecule has 0 aliphatic rings. The molecule has 27 heavy (non-hydrogen) atoms. The highest BCUT2D eigenvalue weighted by Crippen LogP contribution is 2.24. The van der Waals surface area contributed by atoms with Crippen molar-refractivity contribution in [2.45, 2.75) is 39.7 Å². The zero-order chi connectivity index (χ0) is 20.1. The predicted molar refractivity (Wildman–Crippen MR) is 103 cm³/mol. The van der Waals surface area contributed by atoms with Gasteiger partial charge in [0.2, 0.25) is 0 Å². The average molecular weight is 391 g/mol. The van der Waals surface area contributed by atoms with Crippen LogP contribution >= 0.6 is 11.6 Å². The number of carbonyl (C=O) groups excluding carboxylic acids is 3. The number of nitrogens with one attached hydrogen (secondary N) is 2. The maximum atomic E-state index is 12.9. The van der Waals surface area contributed by atoms with Gasteiger partial charge in [0.15, 0.2) is 5.78 Å². The Morgan fingerprint density at radius 2 is 1.85 bits per heavy atom. The minimum absolute atomic E-state index is 0.0232. The number of carbonyl (C=O) groups is 3. The molecule has 0 aliphatic heterocycles. The monoisotopic (exact) mass is 390 g/mol. The molecule has 1 unspecified atom stereocenters. The first kappa shape index (κ1) is 20.7. The summed E-state index contributed by atoms with van der Waals surface area (Å²) in [6.07, 6.45) is 0.509. The summed E-state index contributed by atoms with van der Waals surface area (Å²) in [5.41, 5.74) is 2.93. The zero-order valence-corrected chi connectivity index (χ0v) is 16.6. The first-order valence-corrected chi connectivity index (χ1v) is 9.01. The van der Waals surface area contributed by atoms with E-state index in [1.165, 1.54) is 14.0 Å². The Kier molecular flexibility index (Phi) is 6.80. The van der Waals surface area contributed by atoms with Crippen molar-refractivity contribution in [1.29, 1.82) is 0 Å². The number of rotatable bonds is 7. The van der Waals surface area contributed by atoms with Crippen LogP contribution in [0, 0.1) is 6.92 Å². The van der Waals surface area contributed by atoms with E-state index in [1.807, 2.05) is 6.92 Å². The number of ether oxygens (including phenoxy) is 1. The van der Waals surface area contributed by atoms with Crippen LogP contribution in [0.2, 0.25) is 5.02 Å². The fraction of sp³-hybridized carbons (Fsp3) is 0.350. The minimum Gasteiger partial charge on any atom is -0.469 e. The standard InChI is InChI=1S/C20H23ClN2O4/c1-5-15-18(12(3)24)11(2)22-19(15)20(26)23-16(10-17(25)27-4)13-6-8-14(21)9-7-13/h6-9,16,22H,5,10H2,1-4H3,(H,23,26). The Morgan fingerprint density at radius 3 is 2.37 bits per heavy atom. The van der Waals surface area contributed by atoms with Crippen LogP contribution in [0.5, 0.6) is 0 Å². The molecule has 0 radical (unpaired) electrons. The number of hydrogen-bond acceptors (Lipinski definition) is 4. The highest BCUT2D eigenvalue weighted by atomic mass is 35.5. The first-order valence-electron chi connectivity index (χ1n) is 8.63. The molecule has 144 valence electrons. The molecule has 2 N–H and O–H groups in total. The van der Waals surface area contributed by atoms with Gasteiger partial charge in [-0.1, -0.05) is 30.7 Å². The van der Waals surface area contributed by atoms with E-state index in [4.69, 9.17) is 16.3 Å². The quantitative estimate of drug-likeness (QED) is 0.556. The van der Waals surface area contributed by atoms with E-state index in [0.717, 1.165) is 5.56 Å². The lowest BCUT2D eigenvalue weighted by Gasteiger charge is -2.18. The number of Topliss-reactive ketones (excluding diaryl/α,β-unsaturated/α-hetero) is 1. The summed E-state index contributed by atoms with van der Waals surface area (Å²) in [6.45, 7) is 5.12. The molecular formula is C20H23ClN2O4. The van der Waals surface area contributed by atoms with Crippen molar-refractivity contribution in [2.24, 2.45) is 0 Å². The number of ketones is 1. The third kappa shape index (κ3) is 4.77. The third-order valence-electron chi connectivity index (χ3n) is 4.40. The summed E-state index contributed by atoms with van der Waals surface area (Å²) in [4.78, 5) is 39.6. The molecule has 1 heterocycles. The second-order valence-corrected chi connectivity index (χ2v) is 6.68. The van der Waals surface area contributed by atoms with Crippen molar-refractivity contribution in [1.82, 2.24) is 10.3 Å². The summed E-state index contributed by atoms with van der Waals surface area (Å²) >= 11 is 5.92. The summed E-state index contributed by atoms with van der Waals surface area (Å²) < 4.78 is 4.74. The van der Waals surface area contributed by atoms with Crippen molar-refractivity contribution in [3.63, 3.8) is 0 Å². The highest BCUT2D eigenvalue weighted by Gasteiger charge is 2.25. The lowest BCUT2D eigenvalue weighted by Crippen LogP contribution is -2.31. The van der Waals surface area contributed by atoms with Gasteiger partial charge >= 0.3 is 5.97 Å². The Hall–Kier alpha value is -2.60. The normalized spacial score (nSPS) is 11.7. The van der Waals surface area contributed by atoms with Crippen LogP contribution in [-0.4, -0.2) is 29.8 Å². The summed E-state index contributed by atoms with van der Waals surface area (Å²) in [6, 6.07) is 6.29. The molecule has 1 aromatic heterocycles. The van der Waals surface area contributed by atoms with Gasteiger partial charge in [-0.3, -0.25) is 14.4 Å². The van der Waals surface area contributed by atoms with Gasteiger partial charge in [0, 0.05) is 16.3 Å². The first-order chi connectivity index (χ1) is 12.8. The maximum Gasteiger partial charge on any atom is 0.307 e. The van der Waals surface area contributed by atoms with Crippen LogP contribution in [0.4, 0.5) is 0 Å². The van der Waals surface area contributed by atoms with E-state index in [2.05, 4.69) is 10.3 Å². The number of methoxy groups -OCH3 is 1. The summed E-state index contributed by atoms with van der Waals surface area (Å²) in [5, 5.41) is 3.42. The second-order valence-electron chi connectivity index (χ2n) is 6.25. The van der Waals surface area contributed by atoms with Gasteiger partial charge in [-0.25, -0.2) is 0 Å². The van der Waals surface area contributed by atoms with Crippen molar-refractivity contribution in [2.75, 3.05) is 7.11 Å². The molecule has 0 bridgehead atoms. The lowest BCUT2D eigenvalue weighted by atomic mass is 10.0. The largest absolute Gasteiger partial charge is 0.469 e. The third-order valence-corrected chi connectivity index (χ3v) is 4.65. The van der Waals surface area contributed by atoms with Crippen molar-refractivity contribution < 1.29 is 19.1 Å². The molecule has 0 spiro atoms. The van der Waals surface area contributed by atoms with Gasteiger partial charge < -0.3 is 15.0 Å². The van der Waals surface area contributed by atoms with E-state index in [-0.39, 0.29) is 18.1 Å². The fourth-order valence-electron chi connectivity index (χ4n) is 3.13. The van der Waals surface area contributed by atoms with E-state index in [9.17, 15) is 14.4 Å². The van der Waals surface area contributed by atoms with Crippen molar-refractivity contribution in [3.05, 3.63) is 57.4 Å². The molecule has 0 aliphatic carbocycles. The van der Waals surface area contributed by atoms with Crippen LogP contribution in [0.25, 0.3) is 0 Å². The Balaban J connectivity index is 2.36. The molecule has 1 atom stereocenters. The zero-order valence-electron chi connectivity index (χ0n) is 15.8. The fourth-order valence-corrected chi connectivity index (χ4v) is 3.25. The van der Waals surface area contributed by atoms with Crippen LogP contribution in [0.15, 0.2) is 24.3 Å². The van der Waals surface area contributed by atoms with Crippen LogP contribution in [0.3, 0.4) is 0 Å². The number of aryl methyl sites for hydroxylation is 1. The average Bonchev–Trinajstić information content (AvgIpc) is 2.98. The number of benzene rings is 1. The van der Waals surface area contributed by atoms with E-state index >= 15 is 0 Å². The Bertz CT molecular complexity index is 856. The van der Waals surface area contributed by atoms with Crippen LogP contribution in [0.1, 0.15) is 64.0 Å². The van der Waals surface area contributed by atoms with Gasteiger partial charge in [0.25, 0.3) is 5.91 Å². The molecule has 0 saturated heterocycles. The molecular weight excluding hydrogens is 368 g/mol. The van der Waals surface area contributed by atoms with Crippen LogP contribution < -0.4 is 5.32 Å². The van der Waals surface area contributed by atoms with Crippen molar-refractivity contribution >= 4 is 29.3 Å². The van der Waals surface area contributed by atoms with Gasteiger partial charge in [0.05, 0.1) is 19.6 Å². The molecule has 6 nitrogen and oxygen atoms in total. The number of aromatic amines is 1. The summed E-state index contributed by atoms with van der Waals surface area (Å²) in [7, 11) is 1.30. The van der Waals surface area contributed by atoms with Gasteiger partial charge in [0.1, 0.15) is 5.69 Å². The Morgan fingerprint density at radius 1 is 1.22 bits per heavy atom.